The van der Waals surface area contributed by atoms with Crippen molar-refractivity contribution in [3.8, 4) is 0 Å². The van der Waals surface area contributed by atoms with Crippen molar-refractivity contribution in [2.24, 2.45) is 16.6 Å². The van der Waals surface area contributed by atoms with Crippen molar-refractivity contribution in [2.45, 2.75) is 52.1 Å². The summed E-state index contributed by atoms with van der Waals surface area (Å²) in [6.07, 6.45) is 0.409. The molecule has 2 aliphatic rings. The van der Waals surface area contributed by atoms with Crippen LogP contribution < -0.4 is 11.1 Å². The SMILES string of the molecule is CN=C1CCN(C(=O)OC(C)(C)C)CC1=C(N)C(=O)C[C@H]1CCC(=O)NC1=O. The van der Waals surface area contributed by atoms with Crippen LogP contribution >= 0.6 is 0 Å². The van der Waals surface area contributed by atoms with E-state index in [9.17, 15) is 19.2 Å². The second-order valence-corrected chi connectivity index (χ2v) is 7.99. The van der Waals surface area contributed by atoms with Crippen molar-refractivity contribution in [3.05, 3.63) is 11.3 Å². The van der Waals surface area contributed by atoms with Crippen molar-refractivity contribution in [1.29, 1.82) is 0 Å². The lowest BCUT2D eigenvalue weighted by molar-refractivity contribution is -0.138. The molecule has 3 N–H and O–H groups in total. The number of aliphatic imine (C=N–C) groups is 1. The topological polar surface area (TPSA) is 131 Å². The Kier molecular flexibility index (Phi) is 6.58. The monoisotopic (exact) mass is 392 g/mol. The average Bonchev–Trinajstić information content (AvgIpc) is 2.61. The van der Waals surface area contributed by atoms with Crippen molar-refractivity contribution in [3.63, 3.8) is 0 Å². The molecule has 0 aromatic carbocycles. The summed E-state index contributed by atoms with van der Waals surface area (Å²) < 4.78 is 5.39. The molecule has 9 nitrogen and oxygen atoms in total. The van der Waals surface area contributed by atoms with Crippen LogP contribution in [0.5, 0.6) is 0 Å². The highest BCUT2D eigenvalue weighted by Gasteiger charge is 2.32. The molecule has 2 rings (SSSR count). The zero-order valence-electron chi connectivity index (χ0n) is 16.8. The minimum Gasteiger partial charge on any atom is -0.444 e. The largest absolute Gasteiger partial charge is 0.444 e. The number of nitrogens with two attached hydrogens (primary N) is 1. The summed E-state index contributed by atoms with van der Waals surface area (Å²) in [7, 11) is 1.61. The number of allylic oxidation sites excluding steroid dienone is 1. The van der Waals surface area contributed by atoms with Crippen LogP contribution in [0.25, 0.3) is 0 Å². The molecule has 2 saturated heterocycles. The van der Waals surface area contributed by atoms with Gasteiger partial charge in [-0.2, -0.15) is 0 Å². The Bertz CT molecular complexity index is 748. The van der Waals surface area contributed by atoms with Crippen molar-refractivity contribution in [2.75, 3.05) is 20.1 Å². The molecule has 0 aliphatic carbocycles. The van der Waals surface area contributed by atoms with Crippen LogP contribution in [0.1, 0.15) is 46.5 Å². The molecule has 1 atom stereocenters. The molecular formula is C19H28N4O5. The summed E-state index contributed by atoms with van der Waals surface area (Å²) in [6, 6.07) is 0. The molecule has 0 saturated carbocycles. The van der Waals surface area contributed by atoms with Crippen LogP contribution in [-0.2, 0) is 19.1 Å². The number of carbonyl (C=O) groups is 4. The molecule has 2 aliphatic heterocycles. The lowest BCUT2D eigenvalue weighted by Gasteiger charge is -2.32. The highest BCUT2D eigenvalue weighted by Crippen LogP contribution is 2.22. The third-order valence-electron chi connectivity index (χ3n) is 4.65. The molecule has 0 aromatic rings. The molecule has 0 radical (unpaired) electrons. The van der Waals surface area contributed by atoms with E-state index in [2.05, 4.69) is 10.3 Å². The number of likely N-dealkylation sites (tertiary alicyclic amines) is 1. The summed E-state index contributed by atoms with van der Waals surface area (Å²) in [4.78, 5) is 53.9. The minimum absolute atomic E-state index is 0.00133. The summed E-state index contributed by atoms with van der Waals surface area (Å²) >= 11 is 0. The number of amides is 3. The van der Waals surface area contributed by atoms with Gasteiger partial charge in [-0.3, -0.25) is 24.7 Å². The third kappa shape index (κ3) is 5.40. The maximum Gasteiger partial charge on any atom is 0.410 e. The molecule has 0 unspecified atom stereocenters. The van der Waals surface area contributed by atoms with E-state index in [4.69, 9.17) is 10.5 Å². The molecule has 28 heavy (non-hydrogen) atoms. The molecule has 0 spiro atoms. The van der Waals surface area contributed by atoms with E-state index in [0.717, 1.165) is 0 Å². The number of hydrogen-bond acceptors (Lipinski definition) is 7. The molecular weight excluding hydrogens is 364 g/mol. The summed E-state index contributed by atoms with van der Waals surface area (Å²) in [5.41, 5.74) is 6.62. The second-order valence-electron chi connectivity index (χ2n) is 7.99. The molecule has 0 aromatic heterocycles. The molecule has 0 bridgehead atoms. The predicted molar refractivity (Wildman–Crippen MR) is 102 cm³/mol. The number of piperidine rings is 2. The first-order valence-electron chi connectivity index (χ1n) is 9.31. The van der Waals surface area contributed by atoms with Crippen molar-refractivity contribution >= 4 is 29.4 Å². The molecule has 2 heterocycles. The Labute approximate surface area is 164 Å². The van der Waals surface area contributed by atoms with Gasteiger partial charge in [0.15, 0.2) is 5.78 Å². The molecule has 154 valence electrons. The first-order chi connectivity index (χ1) is 13.0. The van der Waals surface area contributed by atoms with Gasteiger partial charge in [-0.25, -0.2) is 4.79 Å². The first kappa shape index (κ1) is 21.6. The number of Topliss-reactive ketones (excluding diaryl/α,β-unsaturated/α-hetero) is 1. The van der Waals surface area contributed by atoms with Gasteiger partial charge in [-0.05, 0) is 27.2 Å². The Morgan fingerprint density at radius 3 is 2.54 bits per heavy atom. The van der Waals surface area contributed by atoms with Crippen LogP contribution in [0.4, 0.5) is 4.79 Å². The third-order valence-corrected chi connectivity index (χ3v) is 4.65. The van der Waals surface area contributed by atoms with Gasteiger partial charge in [0.2, 0.25) is 11.8 Å². The maximum absolute atomic E-state index is 12.7. The van der Waals surface area contributed by atoms with E-state index >= 15 is 0 Å². The Morgan fingerprint density at radius 2 is 1.96 bits per heavy atom. The van der Waals surface area contributed by atoms with E-state index in [1.807, 2.05) is 0 Å². The lowest BCUT2D eigenvalue weighted by atomic mass is 9.90. The van der Waals surface area contributed by atoms with Gasteiger partial charge in [0.25, 0.3) is 0 Å². The summed E-state index contributed by atoms with van der Waals surface area (Å²) in [6.45, 7) is 5.88. The van der Waals surface area contributed by atoms with Gasteiger partial charge in [-0.15, -0.1) is 0 Å². The van der Waals surface area contributed by atoms with E-state index in [0.29, 0.717) is 30.7 Å². The number of ether oxygens (including phenoxy) is 1. The number of ketones is 1. The zero-order chi connectivity index (χ0) is 21.1. The molecule has 9 heteroatoms. The average molecular weight is 392 g/mol. The number of rotatable bonds is 3. The van der Waals surface area contributed by atoms with E-state index in [-0.39, 0.29) is 31.0 Å². The fourth-order valence-corrected chi connectivity index (χ4v) is 3.16. The van der Waals surface area contributed by atoms with Crippen LogP contribution in [0.3, 0.4) is 0 Å². The normalized spacial score (nSPS) is 24.1. The Hall–Kier alpha value is -2.71. The molecule has 3 amide bonds. The summed E-state index contributed by atoms with van der Waals surface area (Å²) in [5.74, 6) is -1.76. The Morgan fingerprint density at radius 1 is 1.29 bits per heavy atom. The standard InChI is InChI=1S/C19H28N4O5/c1-19(2,3)28-18(27)23-8-7-13(21-4)12(10-23)16(20)14(24)9-11-5-6-15(25)22-17(11)26/h11H,5-10,20H2,1-4H3,(H,22,25,26)/t11-/m1/s1. The highest BCUT2D eigenvalue weighted by molar-refractivity contribution is 6.10. The van der Waals surface area contributed by atoms with Gasteiger partial charge in [0.05, 0.1) is 12.2 Å². The molecule has 2 fully saturated rings. The van der Waals surface area contributed by atoms with Gasteiger partial charge in [-0.1, -0.05) is 0 Å². The number of hydrogen-bond donors (Lipinski definition) is 2. The smallest absolute Gasteiger partial charge is 0.410 e. The zero-order valence-corrected chi connectivity index (χ0v) is 16.8. The number of carbonyl (C=O) groups excluding carboxylic acids is 4. The number of nitrogens with zero attached hydrogens (tertiary/aromatic N) is 2. The van der Waals surface area contributed by atoms with Crippen LogP contribution in [0, 0.1) is 5.92 Å². The van der Waals surface area contributed by atoms with E-state index < -0.39 is 29.3 Å². The fraction of sp³-hybridized carbons (Fsp3) is 0.632. The van der Waals surface area contributed by atoms with E-state index in [1.54, 1.807) is 27.8 Å². The van der Waals surface area contributed by atoms with Gasteiger partial charge in [0.1, 0.15) is 5.60 Å². The number of imide groups is 1. The van der Waals surface area contributed by atoms with Crippen LogP contribution in [-0.4, -0.2) is 60.0 Å². The van der Waals surface area contributed by atoms with Gasteiger partial charge >= 0.3 is 6.09 Å². The van der Waals surface area contributed by atoms with Crippen molar-refractivity contribution in [1.82, 2.24) is 10.2 Å². The quantitative estimate of drug-likeness (QED) is 0.542. The fourth-order valence-electron chi connectivity index (χ4n) is 3.16. The highest BCUT2D eigenvalue weighted by atomic mass is 16.6. The Balaban J connectivity index is 2.15. The van der Waals surface area contributed by atoms with Crippen LogP contribution in [0.15, 0.2) is 16.3 Å². The first-order valence-corrected chi connectivity index (χ1v) is 9.31. The second kappa shape index (κ2) is 8.53. The number of nitrogens with one attached hydrogen (secondary N) is 1. The van der Waals surface area contributed by atoms with Gasteiger partial charge < -0.3 is 15.4 Å². The van der Waals surface area contributed by atoms with Gasteiger partial charge in [0, 0.05) is 50.1 Å². The lowest BCUT2D eigenvalue weighted by Crippen LogP contribution is -2.44. The minimum atomic E-state index is -0.632. The van der Waals surface area contributed by atoms with E-state index in [1.165, 1.54) is 4.90 Å². The van der Waals surface area contributed by atoms with Crippen molar-refractivity contribution < 1.29 is 23.9 Å². The predicted octanol–water partition coefficient (Wildman–Crippen LogP) is 0.923. The maximum atomic E-state index is 12.7. The summed E-state index contributed by atoms with van der Waals surface area (Å²) in [5, 5.41) is 2.24. The van der Waals surface area contributed by atoms with Crippen LogP contribution in [0.2, 0.25) is 0 Å².